The van der Waals surface area contributed by atoms with Gasteiger partial charge in [0, 0.05) is 11.4 Å². The molecule has 1 atom stereocenters. The number of carbonyl (C=O) groups excluding carboxylic acids is 1. The third kappa shape index (κ3) is 2.72. The second-order valence-corrected chi connectivity index (χ2v) is 8.76. The zero-order valence-corrected chi connectivity index (χ0v) is 13.8. The van der Waals surface area contributed by atoms with Gasteiger partial charge in [-0.25, -0.2) is 8.42 Å². The number of methoxy groups -OCH3 is 1. The van der Waals surface area contributed by atoms with Crippen LogP contribution in [0.4, 0.5) is 0 Å². The Morgan fingerprint density at radius 2 is 2.26 bits per heavy atom. The third-order valence-electron chi connectivity index (χ3n) is 3.11. The summed E-state index contributed by atoms with van der Waals surface area (Å²) in [6, 6.07) is 0.884. The van der Waals surface area contributed by atoms with Crippen LogP contribution >= 0.6 is 27.3 Å². The van der Waals surface area contributed by atoms with E-state index in [-0.39, 0.29) is 4.90 Å². The number of ether oxygens (including phenoxy) is 1. The highest BCUT2D eigenvalue weighted by atomic mass is 79.9. The quantitative estimate of drug-likeness (QED) is 0.767. The van der Waals surface area contributed by atoms with E-state index in [2.05, 4.69) is 20.7 Å². The number of thiophene rings is 1. The lowest BCUT2D eigenvalue weighted by Gasteiger charge is -2.21. The zero-order valence-electron chi connectivity index (χ0n) is 10.6. The van der Waals surface area contributed by atoms with E-state index < -0.39 is 22.0 Å². The molecular formula is C11H14BrNO4S2. The topological polar surface area (TPSA) is 63.7 Å². The molecule has 5 nitrogen and oxygen atoms in total. The molecular weight excluding hydrogens is 354 g/mol. The summed E-state index contributed by atoms with van der Waals surface area (Å²) in [4.78, 5) is 12.6. The smallest absolute Gasteiger partial charge is 0.324 e. The summed E-state index contributed by atoms with van der Waals surface area (Å²) in [6.45, 7) is 2.11. The van der Waals surface area contributed by atoms with Gasteiger partial charge in [0.05, 0.1) is 15.8 Å². The van der Waals surface area contributed by atoms with Crippen molar-refractivity contribution in [1.29, 1.82) is 0 Å². The zero-order chi connectivity index (χ0) is 14.2. The molecule has 2 heterocycles. The number of rotatable bonds is 3. The van der Waals surface area contributed by atoms with Crippen molar-refractivity contribution in [1.82, 2.24) is 4.31 Å². The molecule has 0 spiro atoms. The Morgan fingerprint density at radius 3 is 2.79 bits per heavy atom. The summed E-state index contributed by atoms with van der Waals surface area (Å²) in [5.41, 5.74) is 0. The molecule has 1 aromatic rings. The van der Waals surface area contributed by atoms with Crippen LogP contribution in [-0.2, 0) is 19.6 Å². The maximum atomic E-state index is 12.6. The molecule has 0 saturated carbocycles. The Balaban J connectivity index is 2.39. The van der Waals surface area contributed by atoms with Crippen LogP contribution in [0.25, 0.3) is 0 Å². The average molecular weight is 368 g/mol. The summed E-state index contributed by atoms with van der Waals surface area (Å²) in [7, 11) is -2.36. The predicted molar refractivity (Wildman–Crippen MR) is 75.7 cm³/mol. The van der Waals surface area contributed by atoms with Gasteiger partial charge in [0.15, 0.2) is 0 Å². The Morgan fingerprint density at radius 1 is 1.58 bits per heavy atom. The highest BCUT2D eigenvalue weighted by Gasteiger charge is 2.41. The molecule has 1 fully saturated rings. The monoisotopic (exact) mass is 367 g/mol. The van der Waals surface area contributed by atoms with E-state index in [0.717, 1.165) is 3.79 Å². The molecule has 0 N–H and O–H groups in total. The van der Waals surface area contributed by atoms with Gasteiger partial charge >= 0.3 is 5.97 Å². The van der Waals surface area contributed by atoms with E-state index in [4.69, 9.17) is 0 Å². The number of halogens is 1. The summed E-state index contributed by atoms with van der Waals surface area (Å²) >= 11 is 4.65. The molecule has 0 amide bonds. The number of carbonyl (C=O) groups is 1. The highest BCUT2D eigenvalue weighted by Crippen LogP contribution is 2.34. The van der Waals surface area contributed by atoms with Gasteiger partial charge in [0.2, 0.25) is 10.0 Å². The summed E-state index contributed by atoms with van der Waals surface area (Å²) < 4.78 is 31.9. The molecule has 0 bridgehead atoms. The Bertz CT molecular complexity index is 596. The van der Waals surface area contributed by atoms with Gasteiger partial charge in [0.25, 0.3) is 0 Å². The number of nitrogens with zero attached hydrogens (tertiary/aromatic N) is 1. The van der Waals surface area contributed by atoms with Crippen molar-refractivity contribution in [3.8, 4) is 0 Å². The molecule has 19 heavy (non-hydrogen) atoms. The van der Waals surface area contributed by atoms with E-state index in [0.29, 0.717) is 24.3 Å². The molecule has 0 aromatic carbocycles. The van der Waals surface area contributed by atoms with E-state index in [1.54, 1.807) is 13.0 Å². The van der Waals surface area contributed by atoms with Gasteiger partial charge in [-0.1, -0.05) is 0 Å². The lowest BCUT2D eigenvalue weighted by molar-refractivity contribution is -0.144. The Kier molecular flexibility index (Phi) is 4.34. The molecule has 1 aromatic heterocycles. The van der Waals surface area contributed by atoms with E-state index in [1.807, 2.05) is 0 Å². The van der Waals surface area contributed by atoms with Gasteiger partial charge in [-0.05, 0) is 41.8 Å². The molecule has 0 aliphatic carbocycles. The summed E-state index contributed by atoms with van der Waals surface area (Å²) in [6.07, 6.45) is 1.18. The summed E-state index contributed by atoms with van der Waals surface area (Å²) in [5, 5.41) is 0. The van der Waals surface area contributed by atoms with E-state index in [9.17, 15) is 13.2 Å². The van der Waals surface area contributed by atoms with Gasteiger partial charge in [-0.15, -0.1) is 11.3 Å². The fourth-order valence-corrected chi connectivity index (χ4v) is 6.24. The molecule has 8 heteroatoms. The van der Waals surface area contributed by atoms with Gasteiger partial charge in [0.1, 0.15) is 6.04 Å². The molecule has 1 saturated heterocycles. The molecule has 2 rings (SSSR count). The summed E-state index contributed by atoms with van der Waals surface area (Å²) in [5.74, 6) is -0.493. The van der Waals surface area contributed by atoms with Gasteiger partial charge in [-0.2, -0.15) is 4.31 Å². The number of hydrogen-bond donors (Lipinski definition) is 0. The maximum Gasteiger partial charge on any atom is 0.324 e. The first-order valence-electron chi connectivity index (χ1n) is 5.73. The third-order valence-corrected chi connectivity index (χ3v) is 6.82. The minimum absolute atomic E-state index is 0.264. The Labute approximate surface area is 124 Å². The van der Waals surface area contributed by atoms with E-state index in [1.165, 1.54) is 22.8 Å². The van der Waals surface area contributed by atoms with Crippen molar-refractivity contribution in [3.63, 3.8) is 0 Å². The number of hydrogen-bond acceptors (Lipinski definition) is 5. The molecule has 0 radical (unpaired) electrons. The van der Waals surface area contributed by atoms with Crippen molar-refractivity contribution in [3.05, 3.63) is 14.7 Å². The second-order valence-electron chi connectivity index (χ2n) is 4.27. The first-order valence-corrected chi connectivity index (χ1v) is 8.78. The standard InChI is InChI=1S/C11H14BrNO4S2/c1-7-9(6-10(12)18-7)19(15,16)13-5-3-4-8(13)11(14)17-2/h6,8H,3-5H2,1-2H3. The molecule has 1 aliphatic rings. The van der Waals surface area contributed by atoms with Crippen LogP contribution in [0.5, 0.6) is 0 Å². The molecule has 1 unspecified atom stereocenters. The highest BCUT2D eigenvalue weighted by molar-refractivity contribution is 9.11. The second kappa shape index (κ2) is 5.51. The van der Waals surface area contributed by atoms with Crippen molar-refractivity contribution >= 4 is 43.3 Å². The Hall–Kier alpha value is -0.440. The van der Waals surface area contributed by atoms with Gasteiger partial charge < -0.3 is 4.74 Å². The lowest BCUT2D eigenvalue weighted by Crippen LogP contribution is -2.41. The minimum atomic E-state index is -3.64. The SMILES string of the molecule is COC(=O)C1CCCN1S(=O)(=O)c1cc(Br)sc1C. The number of esters is 1. The van der Waals surface area contributed by atoms with Crippen molar-refractivity contribution in [2.24, 2.45) is 0 Å². The maximum absolute atomic E-state index is 12.6. The first-order chi connectivity index (χ1) is 8.87. The van der Waals surface area contributed by atoms with Gasteiger partial charge in [-0.3, -0.25) is 4.79 Å². The van der Waals surface area contributed by atoms with Crippen molar-refractivity contribution in [2.45, 2.75) is 30.7 Å². The van der Waals surface area contributed by atoms with Crippen LogP contribution in [0.2, 0.25) is 0 Å². The lowest BCUT2D eigenvalue weighted by atomic mass is 10.2. The van der Waals surface area contributed by atoms with Crippen molar-refractivity contribution < 1.29 is 17.9 Å². The first kappa shape index (κ1) is 15.0. The van der Waals surface area contributed by atoms with Crippen LogP contribution < -0.4 is 0 Å². The van der Waals surface area contributed by atoms with Crippen molar-refractivity contribution in [2.75, 3.05) is 13.7 Å². The van der Waals surface area contributed by atoms with Crippen LogP contribution in [0, 0.1) is 6.92 Å². The fourth-order valence-electron chi connectivity index (χ4n) is 2.21. The molecule has 106 valence electrons. The molecule has 1 aliphatic heterocycles. The normalized spacial score (nSPS) is 20.7. The minimum Gasteiger partial charge on any atom is -0.468 e. The predicted octanol–water partition coefficient (Wildman–Crippen LogP) is 2.15. The number of sulfonamides is 1. The van der Waals surface area contributed by atoms with Crippen LogP contribution in [0.1, 0.15) is 17.7 Å². The van der Waals surface area contributed by atoms with E-state index >= 15 is 0 Å². The fraction of sp³-hybridized carbons (Fsp3) is 0.545. The van der Waals surface area contributed by atoms with Crippen LogP contribution in [-0.4, -0.2) is 38.4 Å². The number of aryl methyl sites for hydroxylation is 1. The van der Waals surface area contributed by atoms with Crippen LogP contribution in [0.3, 0.4) is 0 Å². The van der Waals surface area contributed by atoms with Crippen LogP contribution in [0.15, 0.2) is 14.7 Å². The largest absolute Gasteiger partial charge is 0.468 e. The average Bonchev–Trinajstić information content (AvgIpc) is 2.95.